The van der Waals surface area contributed by atoms with Crippen LogP contribution < -0.4 is 0 Å². The number of fused-ring (bicyclic) bond motifs is 7. The van der Waals surface area contributed by atoms with E-state index in [1.807, 2.05) is 60.7 Å². The molecule has 4 aromatic carbocycles. The zero-order chi connectivity index (χ0) is 26.8. The standard InChI is InChI=1S/C34H23N3OS2/c1-20(38)23-16-17-28-25(18-23)30-32-31(24-14-8-9-15-29(24)39-32)40-33(30)37(28)34-35-26(21-10-4-2-5-11-21)19-27(36-34)22-12-6-3-7-13-22/h2-20,38H,1H3/t20-/m1/s1. The number of hydrogen-bond donors (Lipinski definition) is 1. The average Bonchev–Trinajstić information content (AvgIpc) is 3.64. The van der Waals surface area contributed by atoms with Gasteiger partial charge in [-0.25, -0.2) is 9.97 Å². The third-order valence-electron chi connectivity index (χ3n) is 7.46. The molecular weight excluding hydrogens is 531 g/mol. The Labute approximate surface area is 238 Å². The minimum atomic E-state index is -0.554. The van der Waals surface area contributed by atoms with Gasteiger partial charge in [-0.1, -0.05) is 84.9 Å². The lowest BCUT2D eigenvalue weighted by atomic mass is 10.1. The summed E-state index contributed by atoms with van der Waals surface area (Å²) in [5.74, 6) is 0.642. The van der Waals surface area contributed by atoms with Gasteiger partial charge >= 0.3 is 0 Å². The van der Waals surface area contributed by atoms with Gasteiger partial charge in [0.15, 0.2) is 0 Å². The maximum Gasteiger partial charge on any atom is 0.236 e. The maximum absolute atomic E-state index is 10.5. The highest BCUT2D eigenvalue weighted by Gasteiger charge is 2.23. The van der Waals surface area contributed by atoms with Gasteiger partial charge in [0.1, 0.15) is 4.83 Å². The lowest BCUT2D eigenvalue weighted by Crippen LogP contribution is -2.03. The Kier molecular flexibility index (Phi) is 5.35. The number of hydrogen-bond acceptors (Lipinski definition) is 5. The average molecular weight is 554 g/mol. The Morgan fingerprint density at radius 2 is 1.32 bits per heavy atom. The van der Waals surface area contributed by atoms with E-state index in [0.717, 1.165) is 43.8 Å². The van der Waals surface area contributed by atoms with E-state index in [9.17, 15) is 5.11 Å². The van der Waals surface area contributed by atoms with Crippen molar-refractivity contribution in [3.63, 3.8) is 0 Å². The fourth-order valence-corrected chi connectivity index (χ4v) is 8.29. The summed E-state index contributed by atoms with van der Waals surface area (Å²) in [7, 11) is 0. The summed E-state index contributed by atoms with van der Waals surface area (Å²) in [6.45, 7) is 1.82. The van der Waals surface area contributed by atoms with Gasteiger partial charge in [-0.2, -0.15) is 0 Å². The van der Waals surface area contributed by atoms with Crippen LogP contribution in [0.4, 0.5) is 0 Å². The molecule has 0 fully saturated rings. The van der Waals surface area contributed by atoms with Gasteiger partial charge in [0.2, 0.25) is 5.95 Å². The van der Waals surface area contributed by atoms with Crippen molar-refractivity contribution in [3.8, 4) is 28.5 Å². The van der Waals surface area contributed by atoms with Gasteiger partial charge in [-0.05, 0) is 36.8 Å². The second-order valence-corrected chi connectivity index (χ2v) is 12.0. The molecule has 4 nitrogen and oxygen atoms in total. The molecule has 0 unspecified atom stereocenters. The molecule has 0 spiro atoms. The monoisotopic (exact) mass is 553 g/mol. The van der Waals surface area contributed by atoms with Crippen LogP contribution in [0.3, 0.4) is 0 Å². The van der Waals surface area contributed by atoms with Crippen molar-refractivity contribution in [2.24, 2.45) is 0 Å². The predicted octanol–water partition coefficient (Wildman–Crippen LogP) is 9.39. The summed E-state index contributed by atoms with van der Waals surface area (Å²) in [5.41, 5.74) is 5.79. The first-order chi connectivity index (χ1) is 19.7. The van der Waals surface area contributed by atoms with E-state index in [2.05, 4.69) is 71.3 Å². The van der Waals surface area contributed by atoms with E-state index in [0.29, 0.717) is 5.95 Å². The van der Waals surface area contributed by atoms with Crippen LogP contribution in [0.1, 0.15) is 18.6 Å². The van der Waals surface area contributed by atoms with Crippen molar-refractivity contribution in [2.75, 3.05) is 0 Å². The van der Waals surface area contributed by atoms with Gasteiger partial charge in [0.25, 0.3) is 0 Å². The van der Waals surface area contributed by atoms with Crippen molar-refractivity contribution in [2.45, 2.75) is 13.0 Å². The molecule has 0 aliphatic carbocycles. The van der Waals surface area contributed by atoms with Crippen molar-refractivity contribution in [3.05, 3.63) is 115 Å². The summed E-state index contributed by atoms with van der Waals surface area (Å²) in [5, 5.41) is 14.0. The Balaban J connectivity index is 1.49. The second-order valence-electron chi connectivity index (χ2n) is 10.00. The van der Waals surface area contributed by atoms with Gasteiger partial charge in [-0.15, -0.1) is 22.7 Å². The van der Waals surface area contributed by atoms with E-state index in [-0.39, 0.29) is 0 Å². The highest BCUT2D eigenvalue weighted by molar-refractivity contribution is 7.36. The molecule has 40 heavy (non-hydrogen) atoms. The zero-order valence-corrected chi connectivity index (χ0v) is 23.2. The summed E-state index contributed by atoms with van der Waals surface area (Å²) < 4.78 is 6.05. The van der Waals surface area contributed by atoms with Crippen molar-refractivity contribution in [1.82, 2.24) is 14.5 Å². The van der Waals surface area contributed by atoms with Gasteiger partial charge in [-0.3, -0.25) is 4.57 Å². The van der Waals surface area contributed by atoms with Gasteiger partial charge < -0.3 is 5.11 Å². The predicted molar refractivity (Wildman–Crippen MR) is 169 cm³/mol. The van der Waals surface area contributed by atoms with E-state index in [1.165, 1.54) is 24.9 Å². The van der Waals surface area contributed by atoms with Crippen LogP contribution in [0.25, 0.3) is 69.1 Å². The molecule has 4 aromatic heterocycles. The molecule has 0 radical (unpaired) electrons. The lowest BCUT2D eigenvalue weighted by Gasteiger charge is -2.11. The molecule has 0 bridgehead atoms. The normalized spacial score (nSPS) is 12.7. The Bertz CT molecular complexity index is 2130. The first-order valence-corrected chi connectivity index (χ1v) is 14.9. The van der Waals surface area contributed by atoms with Crippen molar-refractivity contribution in [1.29, 1.82) is 0 Å². The van der Waals surface area contributed by atoms with Crippen LogP contribution in [0.2, 0.25) is 0 Å². The van der Waals surface area contributed by atoms with Crippen LogP contribution in [0.15, 0.2) is 109 Å². The minimum Gasteiger partial charge on any atom is -0.389 e. The smallest absolute Gasteiger partial charge is 0.236 e. The first kappa shape index (κ1) is 23.5. The molecule has 0 aliphatic heterocycles. The molecular formula is C34H23N3OS2. The van der Waals surface area contributed by atoms with Crippen LogP contribution >= 0.6 is 22.7 Å². The summed E-state index contributed by atoms with van der Waals surface area (Å²) in [6.07, 6.45) is -0.554. The molecule has 192 valence electrons. The quantitative estimate of drug-likeness (QED) is 0.236. The minimum absolute atomic E-state index is 0.554. The molecule has 0 aliphatic rings. The van der Waals surface area contributed by atoms with Gasteiger partial charge in [0, 0.05) is 32.0 Å². The van der Waals surface area contributed by atoms with E-state index < -0.39 is 6.10 Å². The van der Waals surface area contributed by atoms with Crippen LogP contribution in [0.5, 0.6) is 0 Å². The molecule has 1 atom stereocenters. The molecule has 1 N–H and O–H groups in total. The topological polar surface area (TPSA) is 50.9 Å². The third kappa shape index (κ3) is 3.61. The number of rotatable bonds is 4. The Hall–Kier alpha value is -4.36. The third-order valence-corrected chi connectivity index (χ3v) is 9.99. The second kappa shape index (κ2) is 9.10. The van der Waals surface area contributed by atoms with E-state index in [4.69, 9.17) is 9.97 Å². The summed E-state index contributed by atoms with van der Waals surface area (Å²) in [6, 6.07) is 37.5. The molecule has 8 rings (SSSR count). The first-order valence-electron chi connectivity index (χ1n) is 13.2. The van der Waals surface area contributed by atoms with Crippen molar-refractivity contribution >= 4 is 63.3 Å². The maximum atomic E-state index is 10.5. The SMILES string of the molecule is C[C@@H](O)c1ccc2c(c1)c1c3sc4ccccc4c3sc1n2-c1nc(-c2ccccc2)cc(-c2ccccc2)n1. The number of aromatic nitrogens is 3. The number of benzene rings is 4. The summed E-state index contributed by atoms with van der Waals surface area (Å²) in [4.78, 5) is 11.4. The molecule has 0 amide bonds. The summed E-state index contributed by atoms with van der Waals surface area (Å²) >= 11 is 3.62. The molecule has 0 saturated carbocycles. The van der Waals surface area contributed by atoms with Gasteiger partial charge in [0.05, 0.1) is 32.4 Å². The highest BCUT2D eigenvalue weighted by Crippen LogP contribution is 2.48. The fourth-order valence-electron chi connectivity index (χ4n) is 5.49. The van der Waals surface area contributed by atoms with Crippen LogP contribution in [-0.2, 0) is 0 Å². The Morgan fingerprint density at radius 3 is 2.00 bits per heavy atom. The molecule has 8 aromatic rings. The van der Waals surface area contributed by atoms with Crippen LogP contribution in [-0.4, -0.2) is 19.6 Å². The number of aliphatic hydroxyl groups excluding tert-OH is 1. The van der Waals surface area contributed by atoms with E-state index >= 15 is 0 Å². The largest absolute Gasteiger partial charge is 0.389 e. The molecule has 6 heteroatoms. The highest BCUT2D eigenvalue weighted by atomic mass is 32.1. The number of nitrogens with zero attached hydrogens (tertiary/aromatic N) is 3. The number of thiophene rings is 2. The molecule has 0 saturated heterocycles. The van der Waals surface area contributed by atoms with E-state index in [1.54, 1.807) is 11.3 Å². The zero-order valence-electron chi connectivity index (χ0n) is 21.6. The van der Waals surface area contributed by atoms with Crippen LogP contribution in [0, 0.1) is 0 Å². The number of aliphatic hydroxyl groups is 1. The lowest BCUT2D eigenvalue weighted by molar-refractivity contribution is 0.199. The fraction of sp³-hybridized carbons (Fsp3) is 0.0588. The molecule has 4 heterocycles. The van der Waals surface area contributed by atoms with Crippen molar-refractivity contribution < 1.29 is 5.11 Å². The Morgan fingerprint density at radius 1 is 0.675 bits per heavy atom.